The molecule has 0 aromatic rings. The molecule has 1 atom stereocenters. The first-order chi connectivity index (χ1) is 11.9. The molecule has 1 unspecified atom stereocenters. The number of carbonyl (C=O) groups excluding carboxylic acids is 1. The molecule has 3 fully saturated rings. The van der Waals surface area contributed by atoms with E-state index in [0.717, 1.165) is 38.1 Å². The first-order valence-corrected chi connectivity index (χ1v) is 10.6. The van der Waals surface area contributed by atoms with Crippen molar-refractivity contribution in [1.82, 2.24) is 10.2 Å². The fourth-order valence-corrected chi connectivity index (χ4v) is 4.93. The lowest BCUT2D eigenvalue weighted by Gasteiger charge is -2.55. The van der Waals surface area contributed by atoms with Crippen molar-refractivity contribution >= 4 is 6.09 Å². The molecule has 0 radical (unpaired) electrons. The van der Waals surface area contributed by atoms with E-state index in [1.807, 2.05) is 20.8 Å². The van der Waals surface area contributed by atoms with Crippen LogP contribution in [0, 0.1) is 5.92 Å². The summed E-state index contributed by atoms with van der Waals surface area (Å²) in [7, 11) is 0. The summed E-state index contributed by atoms with van der Waals surface area (Å²) < 4.78 is 5.68. The third kappa shape index (κ3) is 4.90. The molecule has 25 heavy (non-hydrogen) atoms. The Bertz CT molecular complexity index is 445. The molecule has 3 rings (SSSR count). The molecule has 2 aliphatic carbocycles. The minimum Gasteiger partial charge on any atom is -0.444 e. The predicted octanol–water partition coefficient (Wildman–Crippen LogP) is 4.87. The molecular weight excluding hydrogens is 312 g/mol. The largest absolute Gasteiger partial charge is 0.444 e. The number of nitrogens with zero attached hydrogens (tertiary/aromatic N) is 1. The monoisotopic (exact) mass is 350 g/mol. The summed E-state index contributed by atoms with van der Waals surface area (Å²) in [4.78, 5) is 14.7. The Morgan fingerprint density at radius 1 is 1.08 bits per heavy atom. The van der Waals surface area contributed by atoms with Gasteiger partial charge in [0.1, 0.15) is 5.60 Å². The smallest absolute Gasteiger partial charge is 0.410 e. The molecule has 1 spiro atoms. The van der Waals surface area contributed by atoms with Gasteiger partial charge in [0.25, 0.3) is 0 Å². The van der Waals surface area contributed by atoms with Gasteiger partial charge in [-0.1, -0.05) is 25.7 Å². The van der Waals surface area contributed by atoms with Gasteiger partial charge in [-0.05, 0) is 78.2 Å². The average Bonchev–Trinajstić information content (AvgIpc) is 2.78. The third-order valence-corrected chi connectivity index (χ3v) is 6.47. The maximum absolute atomic E-state index is 12.7. The first-order valence-electron chi connectivity index (χ1n) is 10.6. The molecule has 1 aliphatic heterocycles. The van der Waals surface area contributed by atoms with Gasteiger partial charge in [0.15, 0.2) is 0 Å². The van der Waals surface area contributed by atoms with E-state index in [1.54, 1.807) is 0 Å². The zero-order chi connectivity index (χ0) is 17.9. The lowest BCUT2D eigenvalue weighted by molar-refractivity contribution is -0.0495. The van der Waals surface area contributed by atoms with Crippen LogP contribution in [0.2, 0.25) is 0 Å². The molecule has 4 nitrogen and oxygen atoms in total. The number of piperidine rings is 1. The number of amides is 1. The van der Waals surface area contributed by atoms with Gasteiger partial charge < -0.3 is 15.0 Å². The number of hydrogen-bond donors (Lipinski definition) is 1. The van der Waals surface area contributed by atoms with Crippen LogP contribution in [0.5, 0.6) is 0 Å². The van der Waals surface area contributed by atoms with Gasteiger partial charge in [0.2, 0.25) is 0 Å². The highest BCUT2D eigenvalue weighted by atomic mass is 16.6. The Kier molecular flexibility index (Phi) is 5.97. The van der Waals surface area contributed by atoms with E-state index in [0.29, 0.717) is 6.04 Å². The lowest BCUT2D eigenvalue weighted by Crippen LogP contribution is -2.63. The minimum atomic E-state index is -0.406. The van der Waals surface area contributed by atoms with Gasteiger partial charge in [0, 0.05) is 18.1 Å². The first kappa shape index (κ1) is 19.0. The van der Waals surface area contributed by atoms with Crippen LogP contribution in [-0.2, 0) is 4.74 Å². The number of ether oxygens (including phenoxy) is 1. The van der Waals surface area contributed by atoms with Gasteiger partial charge in [-0.2, -0.15) is 0 Å². The van der Waals surface area contributed by atoms with Crippen molar-refractivity contribution in [1.29, 1.82) is 0 Å². The van der Waals surface area contributed by atoms with E-state index in [4.69, 9.17) is 4.74 Å². The third-order valence-electron chi connectivity index (χ3n) is 6.47. The lowest BCUT2D eigenvalue weighted by atomic mass is 9.69. The van der Waals surface area contributed by atoms with E-state index in [9.17, 15) is 4.79 Å². The highest BCUT2D eigenvalue weighted by Crippen LogP contribution is 2.45. The van der Waals surface area contributed by atoms with Gasteiger partial charge in [-0.25, -0.2) is 4.79 Å². The van der Waals surface area contributed by atoms with Crippen LogP contribution in [0.15, 0.2) is 0 Å². The fourth-order valence-electron chi connectivity index (χ4n) is 4.93. The van der Waals surface area contributed by atoms with Crippen LogP contribution in [0.4, 0.5) is 4.79 Å². The van der Waals surface area contributed by atoms with Crippen LogP contribution in [-0.4, -0.2) is 41.3 Å². The Labute approximate surface area is 154 Å². The SMILES string of the molecule is CC(C)(C)OC(=O)N1CCC(NCC2CCCCCC2)CC12CCC2. The molecule has 0 bridgehead atoms. The van der Waals surface area contributed by atoms with Crippen LogP contribution < -0.4 is 5.32 Å². The van der Waals surface area contributed by atoms with Crippen molar-refractivity contribution < 1.29 is 9.53 Å². The molecule has 2 saturated carbocycles. The van der Waals surface area contributed by atoms with Crippen LogP contribution >= 0.6 is 0 Å². The molecule has 1 saturated heterocycles. The molecule has 1 heterocycles. The second-order valence-electron chi connectivity index (χ2n) is 9.67. The standard InChI is InChI=1S/C21H38N2O2/c1-20(2,3)25-19(24)23-14-11-18(15-21(23)12-8-13-21)22-16-17-9-6-4-5-7-10-17/h17-18,22H,4-16H2,1-3H3. The van der Waals surface area contributed by atoms with Crippen LogP contribution in [0.25, 0.3) is 0 Å². The quantitative estimate of drug-likeness (QED) is 0.738. The Hall–Kier alpha value is -0.770. The second kappa shape index (κ2) is 7.85. The number of nitrogens with one attached hydrogen (secondary N) is 1. The summed E-state index contributed by atoms with van der Waals surface area (Å²) >= 11 is 0. The molecule has 144 valence electrons. The second-order valence-corrected chi connectivity index (χ2v) is 9.67. The Morgan fingerprint density at radius 3 is 2.32 bits per heavy atom. The molecule has 0 aromatic carbocycles. The zero-order valence-electron chi connectivity index (χ0n) is 16.6. The molecular formula is C21H38N2O2. The summed E-state index contributed by atoms with van der Waals surface area (Å²) in [5, 5.41) is 3.87. The van der Waals surface area contributed by atoms with E-state index >= 15 is 0 Å². The molecule has 4 heteroatoms. The predicted molar refractivity (Wildman–Crippen MR) is 102 cm³/mol. The Morgan fingerprint density at radius 2 is 1.76 bits per heavy atom. The van der Waals surface area contributed by atoms with Crippen molar-refractivity contribution in [2.45, 2.75) is 109 Å². The van der Waals surface area contributed by atoms with Crippen LogP contribution in [0.1, 0.15) is 91.4 Å². The van der Waals surface area contributed by atoms with Gasteiger partial charge >= 0.3 is 6.09 Å². The summed E-state index contributed by atoms with van der Waals surface area (Å²) in [5.41, 5.74) is -0.335. The molecule has 1 N–H and O–H groups in total. The average molecular weight is 351 g/mol. The summed E-state index contributed by atoms with van der Waals surface area (Å²) in [5.74, 6) is 0.865. The summed E-state index contributed by atoms with van der Waals surface area (Å²) in [6.07, 6.45) is 14.1. The molecule has 3 aliphatic rings. The summed E-state index contributed by atoms with van der Waals surface area (Å²) in [6, 6.07) is 0.572. The number of carbonyl (C=O) groups is 1. The van der Waals surface area contributed by atoms with E-state index in [-0.39, 0.29) is 11.6 Å². The van der Waals surface area contributed by atoms with E-state index in [1.165, 1.54) is 51.5 Å². The number of hydrogen-bond acceptors (Lipinski definition) is 3. The van der Waals surface area contributed by atoms with Crippen molar-refractivity contribution in [3.05, 3.63) is 0 Å². The van der Waals surface area contributed by atoms with Gasteiger partial charge in [-0.3, -0.25) is 0 Å². The number of rotatable bonds is 3. The Balaban J connectivity index is 1.52. The highest BCUT2D eigenvalue weighted by Gasteiger charge is 2.49. The van der Waals surface area contributed by atoms with Gasteiger partial charge in [0.05, 0.1) is 0 Å². The van der Waals surface area contributed by atoms with E-state index in [2.05, 4.69) is 10.2 Å². The minimum absolute atomic E-state index is 0.0711. The maximum Gasteiger partial charge on any atom is 0.410 e. The molecule has 0 aromatic heterocycles. The molecule has 1 amide bonds. The van der Waals surface area contributed by atoms with Gasteiger partial charge in [-0.15, -0.1) is 0 Å². The zero-order valence-corrected chi connectivity index (χ0v) is 16.6. The number of likely N-dealkylation sites (tertiary alicyclic amines) is 1. The fraction of sp³-hybridized carbons (Fsp3) is 0.952. The summed E-state index contributed by atoms with van der Waals surface area (Å²) in [6.45, 7) is 7.89. The van der Waals surface area contributed by atoms with Crippen molar-refractivity contribution in [3.8, 4) is 0 Å². The van der Waals surface area contributed by atoms with Crippen molar-refractivity contribution in [2.24, 2.45) is 5.92 Å². The maximum atomic E-state index is 12.7. The normalized spacial score (nSPS) is 27.6. The van der Waals surface area contributed by atoms with Crippen molar-refractivity contribution in [2.75, 3.05) is 13.1 Å². The van der Waals surface area contributed by atoms with Crippen LogP contribution in [0.3, 0.4) is 0 Å². The highest BCUT2D eigenvalue weighted by molar-refractivity contribution is 5.69. The van der Waals surface area contributed by atoms with E-state index < -0.39 is 5.60 Å². The topological polar surface area (TPSA) is 41.6 Å². The van der Waals surface area contributed by atoms with Crippen molar-refractivity contribution in [3.63, 3.8) is 0 Å².